The summed E-state index contributed by atoms with van der Waals surface area (Å²) < 4.78 is 14.4. The SMILES string of the molecule is Cc1cc(C)n(CC(=O)Nc2cccc(C(=O)NCc3ccc(F)cc3Cl)c2)c(=O)c1C#N. The van der Waals surface area contributed by atoms with Crippen molar-refractivity contribution in [2.45, 2.75) is 26.9 Å². The van der Waals surface area contributed by atoms with E-state index in [1.807, 2.05) is 6.07 Å². The summed E-state index contributed by atoms with van der Waals surface area (Å²) in [6.45, 7) is 3.17. The Morgan fingerprint density at radius 2 is 1.91 bits per heavy atom. The predicted octanol–water partition coefficient (Wildman–Crippen LogP) is 3.70. The van der Waals surface area contributed by atoms with Gasteiger partial charge in [0.05, 0.1) is 0 Å². The fourth-order valence-corrected chi connectivity index (χ4v) is 3.52. The van der Waals surface area contributed by atoms with E-state index in [0.717, 1.165) is 0 Å². The van der Waals surface area contributed by atoms with Crippen molar-refractivity contribution in [3.05, 3.63) is 97.7 Å². The van der Waals surface area contributed by atoms with Crippen LogP contribution in [0.25, 0.3) is 0 Å². The number of pyridine rings is 1. The second-order valence-electron chi connectivity index (χ2n) is 7.39. The number of carbonyl (C=O) groups excluding carboxylic acids is 2. The number of benzene rings is 2. The van der Waals surface area contributed by atoms with Gasteiger partial charge in [-0.15, -0.1) is 0 Å². The maximum Gasteiger partial charge on any atom is 0.269 e. The first-order valence-corrected chi connectivity index (χ1v) is 10.3. The van der Waals surface area contributed by atoms with Crippen LogP contribution in [0, 0.1) is 31.0 Å². The van der Waals surface area contributed by atoms with Gasteiger partial charge in [-0.1, -0.05) is 23.7 Å². The molecular weight excluding hydrogens is 447 g/mol. The number of nitriles is 1. The van der Waals surface area contributed by atoms with E-state index in [0.29, 0.717) is 28.1 Å². The molecule has 0 bridgehead atoms. The summed E-state index contributed by atoms with van der Waals surface area (Å²) in [5.41, 5.74) is 1.79. The second-order valence-corrected chi connectivity index (χ2v) is 7.80. The van der Waals surface area contributed by atoms with Crippen LogP contribution in [-0.4, -0.2) is 16.4 Å². The number of rotatable bonds is 6. The van der Waals surface area contributed by atoms with E-state index in [1.165, 1.54) is 28.8 Å². The number of aromatic nitrogens is 1. The Morgan fingerprint density at radius 1 is 1.15 bits per heavy atom. The van der Waals surface area contributed by atoms with Crippen LogP contribution in [0.15, 0.2) is 53.3 Å². The third-order valence-corrected chi connectivity index (χ3v) is 5.33. The monoisotopic (exact) mass is 466 g/mol. The molecule has 0 saturated carbocycles. The van der Waals surface area contributed by atoms with Crippen molar-refractivity contribution >= 4 is 29.1 Å². The average molecular weight is 467 g/mol. The molecule has 2 amide bonds. The molecule has 0 aliphatic carbocycles. The lowest BCUT2D eigenvalue weighted by Crippen LogP contribution is -2.31. The molecule has 0 radical (unpaired) electrons. The first-order chi connectivity index (χ1) is 15.7. The Morgan fingerprint density at radius 3 is 2.61 bits per heavy atom. The van der Waals surface area contributed by atoms with Crippen LogP contribution in [0.2, 0.25) is 5.02 Å². The normalized spacial score (nSPS) is 10.4. The van der Waals surface area contributed by atoms with E-state index in [1.54, 1.807) is 38.1 Å². The molecule has 1 aromatic heterocycles. The van der Waals surface area contributed by atoms with Gasteiger partial charge in [-0.25, -0.2) is 4.39 Å². The first kappa shape index (κ1) is 23.7. The molecule has 168 valence electrons. The summed E-state index contributed by atoms with van der Waals surface area (Å²) in [7, 11) is 0. The molecular formula is C24H20ClFN4O3. The zero-order valence-corrected chi connectivity index (χ0v) is 18.7. The van der Waals surface area contributed by atoms with Crippen LogP contribution in [0.4, 0.5) is 10.1 Å². The number of halogens is 2. The molecule has 0 unspecified atom stereocenters. The lowest BCUT2D eigenvalue weighted by Gasteiger charge is -2.13. The molecule has 3 aromatic rings. The highest BCUT2D eigenvalue weighted by Crippen LogP contribution is 2.17. The van der Waals surface area contributed by atoms with Gasteiger partial charge in [-0.05, 0) is 61.4 Å². The molecule has 1 heterocycles. The first-order valence-electron chi connectivity index (χ1n) is 9.92. The van der Waals surface area contributed by atoms with Crippen molar-refractivity contribution in [2.24, 2.45) is 0 Å². The maximum atomic E-state index is 13.2. The predicted molar refractivity (Wildman–Crippen MR) is 123 cm³/mol. The number of nitrogens with zero attached hydrogens (tertiary/aromatic N) is 2. The Bertz CT molecular complexity index is 1340. The van der Waals surface area contributed by atoms with Gasteiger partial charge in [0.15, 0.2) is 0 Å². The van der Waals surface area contributed by atoms with Gasteiger partial charge >= 0.3 is 0 Å². The lowest BCUT2D eigenvalue weighted by molar-refractivity contribution is -0.116. The van der Waals surface area contributed by atoms with E-state index >= 15 is 0 Å². The van der Waals surface area contributed by atoms with Crippen molar-refractivity contribution in [3.63, 3.8) is 0 Å². The van der Waals surface area contributed by atoms with Crippen LogP contribution in [0.5, 0.6) is 0 Å². The average Bonchev–Trinajstić information content (AvgIpc) is 2.76. The zero-order valence-electron chi connectivity index (χ0n) is 17.9. The van der Waals surface area contributed by atoms with Crippen LogP contribution in [0.3, 0.4) is 0 Å². The molecule has 0 fully saturated rings. The van der Waals surface area contributed by atoms with Gasteiger partial charge in [0, 0.05) is 28.5 Å². The molecule has 3 rings (SSSR count). The maximum absolute atomic E-state index is 13.2. The van der Waals surface area contributed by atoms with Gasteiger partial charge in [-0.2, -0.15) is 5.26 Å². The summed E-state index contributed by atoms with van der Waals surface area (Å²) >= 11 is 5.98. The molecule has 2 N–H and O–H groups in total. The molecule has 0 aliphatic heterocycles. The number of amides is 2. The van der Waals surface area contributed by atoms with Crippen molar-refractivity contribution < 1.29 is 14.0 Å². The van der Waals surface area contributed by atoms with Crippen LogP contribution < -0.4 is 16.2 Å². The third kappa shape index (κ3) is 5.64. The smallest absolute Gasteiger partial charge is 0.269 e. The molecule has 2 aromatic carbocycles. The Labute approximate surface area is 194 Å². The summed E-state index contributed by atoms with van der Waals surface area (Å²) in [6, 6.07) is 13.7. The highest BCUT2D eigenvalue weighted by atomic mass is 35.5. The molecule has 0 atom stereocenters. The van der Waals surface area contributed by atoms with Crippen molar-refractivity contribution in [3.8, 4) is 6.07 Å². The Kier molecular flexibility index (Phi) is 7.26. The van der Waals surface area contributed by atoms with Crippen molar-refractivity contribution in [2.75, 3.05) is 5.32 Å². The highest BCUT2D eigenvalue weighted by Gasteiger charge is 2.14. The van der Waals surface area contributed by atoms with Crippen molar-refractivity contribution in [1.82, 2.24) is 9.88 Å². The molecule has 7 nitrogen and oxygen atoms in total. The van der Waals surface area contributed by atoms with Crippen molar-refractivity contribution in [1.29, 1.82) is 5.26 Å². The van der Waals surface area contributed by atoms with Gasteiger partial charge < -0.3 is 15.2 Å². The molecule has 33 heavy (non-hydrogen) atoms. The highest BCUT2D eigenvalue weighted by molar-refractivity contribution is 6.31. The second kappa shape index (κ2) is 10.1. The third-order valence-electron chi connectivity index (χ3n) is 4.98. The standard InChI is InChI=1S/C24H20ClFN4O3/c1-14-8-15(2)30(24(33)20(14)11-27)13-22(31)29-19-5-3-4-16(9-19)23(32)28-12-17-6-7-18(26)10-21(17)25/h3-10H,12-13H2,1-2H3,(H,28,32)(H,29,31). The summed E-state index contributed by atoms with van der Waals surface area (Å²) in [5, 5.41) is 14.7. The summed E-state index contributed by atoms with van der Waals surface area (Å²) in [5.74, 6) is -1.36. The fourth-order valence-electron chi connectivity index (χ4n) is 3.28. The molecule has 0 saturated heterocycles. The molecule has 0 spiro atoms. The minimum absolute atomic E-state index is 0.00618. The van der Waals surface area contributed by atoms with Gasteiger partial charge in [-0.3, -0.25) is 14.4 Å². The zero-order chi connectivity index (χ0) is 24.1. The van der Waals surface area contributed by atoms with E-state index < -0.39 is 23.2 Å². The van der Waals surface area contributed by atoms with E-state index in [-0.39, 0.29) is 23.7 Å². The minimum Gasteiger partial charge on any atom is -0.348 e. The number of nitrogens with one attached hydrogen (secondary N) is 2. The molecule has 0 aliphatic rings. The Balaban J connectivity index is 1.69. The lowest BCUT2D eigenvalue weighted by atomic mass is 10.1. The fraction of sp³-hybridized carbons (Fsp3) is 0.167. The van der Waals surface area contributed by atoms with Crippen LogP contribution in [0.1, 0.15) is 32.7 Å². The van der Waals surface area contributed by atoms with E-state index in [4.69, 9.17) is 11.6 Å². The van der Waals surface area contributed by atoms with Gasteiger partial charge in [0.2, 0.25) is 5.91 Å². The topological polar surface area (TPSA) is 104 Å². The van der Waals surface area contributed by atoms with Gasteiger partial charge in [0.1, 0.15) is 24.0 Å². The number of anilines is 1. The number of hydrogen-bond acceptors (Lipinski definition) is 4. The summed E-state index contributed by atoms with van der Waals surface area (Å²) in [6.07, 6.45) is 0. The van der Waals surface area contributed by atoms with Gasteiger partial charge in [0.25, 0.3) is 11.5 Å². The number of carbonyl (C=O) groups is 2. The van der Waals surface area contributed by atoms with E-state index in [2.05, 4.69) is 10.6 Å². The summed E-state index contributed by atoms with van der Waals surface area (Å²) in [4.78, 5) is 37.5. The van der Waals surface area contributed by atoms with E-state index in [9.17, 15) is 24.0 Å². The minimum atomic E-state index is -0.530. The molecule has 9 heteroatoms. The Hall–Kier alpha value is -3.96. The largest absolute Gasteiger partial charge is 0.348 e. The number of aryl methyl sites for hydroxylation is 2. The van der Waals surface area contributed by atoms with Crippen LogP contribution in [-0.2, 0) is 17.9 Å². The van der Waals surface area contributed by atoms with Crippen LogP contribution >= 0.6 is 11.6 Å². The quantitative estimate of drug-likeness (QED) is 0.578. The number of hydrogen-bond donors (Lipinski definition) is 2.